The molecule has 13 heteroatoms. The summed E-state index contributed by atoms with van der Waals surface area (Å²) in [7, 11) is 1.56. The van der Waals surface area contributed by atoms with Crippen LogP contribution in [0.15, 0.2) is 51.7 Å². The van der Waals surface area contributed by atoms with Crippen LogP contribution in [-0.2, 0) is 4.79 Å². The Morgan fingerprint density at radius 2 is 1.59 bits per heavy atom. The molecule has 2 aromatic carbocycles. The van der Waals surface area contributed by atoms with Gasteiger partial charge >= 0.3 is 0 Å². The number of ether oxygens (including phenoxy) is 1. The summed E-state index contributed by atoms with van der Waals surface area (Å²) < 4.78 is 6.47. The van der Waals surface area contributed by atoms with E-state index in [1.54, 1.807) is 30.0 Å². The van der Waals surface area contributed by atoms with Gasteiger partial charge in [-0.25, -0.2) is 4.98 Å². The molecule has 2 aliphatic heterocycles. The molecule has 0 atom stereocenters. The first-order valence-corrected chi connectivity index (χ1v) is 18.8. The second-order valence-electron chi connectivity index (χ2n) is 12.6. The molecule has 3 aromatic rings. The van der Waals surface area contributed by atoms with E-state index in [-0.39, 0.29) is 17.7 Å². The summed E-state index contributed by atoms with van der Waals surface area (Å²) in [5, 5.41) is 3.45. The number of rotatable bonds is 14. The van der Waals surface area contributed by atoms with Crippen molar-refractivity contribution < 1.29 is 19.1 Å². The zero-order valence-electron chi connectivity index (χ0n) is 28.9. The maximum Gasteiger partial charge on any atom is 0.257 e. The van der Waals surface area contributed by atoms with Crippen LogP contribution in [-0.4, -0.2) is 110 Å². The van der Waals surface area contributed by atoms with Crippen LogP contribution in [0.5, 0.6) is 5.75 Å². The van der Waals surface area contributed by atoms with Crippen LogP contribution in [0.3, 0.4) is 0 Å². The molecule has 0 unspecified atom stereocenters. The summed E-state index contributed by atoms with van der Waals surface area (Å²) in [5.41, 5.74) is 8.76. The van der Waals surface area contributed by atoms with Crippen LogP contribution in [0.25, 0.3) is 0 Å². The Labute approximate surface area is 298 Å². The van der Waals surface area contributed by atoms with E-state index in [2.05, 4.69) is 20.1 Å². The smallest absolute Gasteiger partial charge is 0.257 e. The van der Waals surface area contributed by atoms with Gasteiger partial charge in [0.2, 0.25) is 5.91 Å². The molecule has 0 radical (unpaired) electrons. The van der Waals surface area contributed by atoms with Crippen LogP contribution in [0.4, 0.5) is 10.8 Å². The van der Waals surface area contributed by atoms with E-state index in [1.165, 1.54) is 48.8 Å². The molecule has 5 rings (SSSR count). The van der Waals surface area contributed by atoms with E-state index >= 15 is 0 Å². The number of thiazole rings is 1. The van der Waals surface area contributed by atoms with E-state index in [4.69, 9.17) is 10.5 Å². The first kappa shape index (κ1) is 36.6. The Morgan fingerprint density at radius 1 is 0.918 bits per heavy atom. The van der Waals surface area contributed by atoms with Crippen LogP contribution in [0, 0.1) is 6.92 Å². The van der Waals surface area contributed by atoms with Gasteiger partial charge < -0.3 is 25.2 Å². The minimum atomic E-state index is -0.202. The third-order valence-corrected chi connectivity index (χ3v) is 11.4. The predicted octanol–water partition coefficient (Wildman–Crippen LogP) is 5.20. The molecule has 0 saturated carbocycles. The highest BCUT2D eigenvalue weighted by atomic mass is 32.2. The zero-order chi connectivity index (χ0) is 34.8. The number of nitrogens with two attached hydrogens (primary N) is 1. The molecule has 2 fully saturated rings. The van der Waals surface area contributed by atoms with Crippen molar-refractivity contribution >= 4 is 51.6 Å². The summed E-state index contributed by atoms with van der Waals surface area (Å²) in [4.78, 5) is 52.1. The molecule has 0 aliphatic carbocycles. The molecule has 49 heavy (non-hydrogen) atoms. The summed E-state index contributed by atoms with van der Waals surface area (Å²) >= 11 is 2.89. The number of carbonyl (C=O) groups excluding carboxylic acids is 3. The van der Waals surface area contributed by atoms with Crippen molar-refractivity contribution in [3.63, 3.8) is 0 Å². The SMILES string of the molecule is COc1cc(C)c(Sc2cnc(NC(=O)c3ccc(N4CCN(CCCCCCCN)CC4)cc3)s2)cc1C(=O)N1CCN(C(C)=O)CC1. The fourth-order valence-electron chi connectivity index (χ4n) is 6.21. The van der Waals surface area contributed by atoms with Crippen molar-refractivity contribution in [3.05, 3.63) is 59.3 Å². The first-order valence-electron chi connectivity index (χ1n) is 17.2. The Hall–Kier alpha value is -3.65. The highest BCUT2D eigenvalue weighted by molar-refractivity contribution is 8.01. The zero-order valence-corrected chi connectivity index (χ0v) is 30.5. The molecule has 0 bridgehead atoms. The van der Waals surface area contributed by atoms with Gasteiger partial charge in [-0.1, -0.05) is 42.4 Å². The number of aromatic nitrogens is 1. The van der Waals surface area contributed by atoms with Gasteiger partial charge in [-0.2, -0.15) is 0 Å². The molecule has 264 valence electrons. The normalized spacial score (nSPS) is 15.4. The molecule has 11 nitrogen and oxygen atoms in total. The average molecular weight is 708 g/mol. The molecule has 0 spiro atoms. The Bertz CT molecular complexity index is 1570. The lowest BCUT2D eigenvalue weighted by molar-refractivity contribution is -0.130. The lowest BCUT2D eigenvalue weighted by Crippen LogP contribution is -2.50. The summed E-state index contributed by atoms with van der Waals surface area (Å²) in [6, 6.07) is 11.5. The third-order valence-electron chi connectivity index (χ3n) is 9.20. The molecule has 3 heterocycles. The molecule has 2 aliphatic rings. The standard InChI is InChI=1S/C36H49N7O4S2/c1-26-23-31(47-3)30(35(46)43-21-19-41(20-22-43)27(2)44)24-32(26)48-33-25-38-36(49-33)39-34(45)28-9-11-29(12-10-28)42-17-15-40(16-18-42)14-8-6-4-5-7-13-37/h9-12,23-25H,4-8,13-22,37H2,1-3H3,(H,38,39,45). The van der Waals surface area contributed by atoms with E-state index in [1.807, 2.05) is 43.3 Å². The van der Waals surface area contributed by atoms with E-state index < -0.39 is 0 Å². The number of hydrogen-bond acceptors (Lipinski definition) is 10. The maximum atomic E-state index is 13.5. The summed E-state index contributed by atoms with van der Waals surface area (Å²) in [6.07, 6.45) is 7.91. The number of anilines is 2. The van der Waals surface area contributed by atoms with Crippen molar-refractivity contribution in [3.8, 4) is 5.75 Å². The van der Waals surface area contributed by atoms with Crippen LogP contribution < -0.4 is 20.7 Å². The predicted molar refractivity (Wildman–Crippen MR) is 197 cm³/mol. The molecule has 1 aromatic heterocycles. The number of carbonyl (C=O) groups is 3. The lowest BCUT2D eigenvalue weighted by atomic mass is 10.1. The number of benzene rings is 2. The number of methoxy groups -OCH3 is 1. The minimum absolute atomic E-state index is 0.0210. The van der Waals surface area contributed by atoms with Gasteiger partial charge in [0, 0.05) is 75.4 Å². The van der Waals surface area contributed by atoms with Crippen LogP contribution in [0.1, 0.15) is 65.3 Å². The molecular weight excluding hydrogens is 659 g/mol. The number of nitrogens with zero attached hydrogens (tertiary/aromatic N) is 5. The topological polar surface area (TPSA) is 124 Å². The van der Waals surface area contributed by atoms with Crippen molar-refractivity contribution in [1.82, 2.24) is 19.7 Å². The second-order valence-corrected chi connectivity index (χ2v) is 15.0. The van der Waals surface area contributed by atoms with E-state index in [9.17, 15) is 14.4 Å². The van der Waals surface area contributed by atoms with Gasteiger partial charge in [0.15, 0.2) is 5.13 Å². The number of piperazine rings is 2. The summed E-state index contributed by atoms with van der Waals surface area (Å²) in [6.45, 7) is 11.6. The number of amides is 3. The number of hydrogen-bond donors (Lipinski definition) is 2. The van der Waals surface area contributed by atoms with E-state index in [0.717, 1.165) is 66.0 Å². The van der Waals surface area contributed by atoms with Gasteiger partial charge in [0.25, 0.3) is 11.8 Å². The molecule has 3 N–H and O–H groups in total. The number of nitrogens with one attached hydrogen (secondary N) is 1. The number of unbranched alkanes of at least 4 members (excludes halogenated alkanes) is 4. The fourth-order valence-corrected chi connectivity index (χ4v) is 8.14. The highest BCUT2D eigenvalue weighted by Crippen LogP contribution is 2.38. The largest absolute Gasteiger partial charge is 0.496 e. The van der Waals surface area contributed by atoms with Gasteiger partial charge in [0.05, 0.1) is 23.1 Å². The maximum absolute atomic E-state index is 13.5. The molecule has 3 amide bonds. The van der Waals surface area contributed by atoms with Gasteiger partial charge in [0.1, 0.15) is 5.75 Å². The minimum Gasteiger partial charge on any atom is -0.496 e. The van der Waals surface area contributed by atoms with Crippen LogP contribution >= 0.6 is 23.1 Å². The van der Waals surface area contributed by atoms with Crippen molar-refractivity contribution in [2.75, 3.05) is 82.8 Å². The third kappa shape index (κ3) is 9.96. The quantitative estimate of drug-likeness (QED) is 0.218. The lowest BCUT2D eigenvalue weighted by Gasteiger charge is -2.36. The van der Waals surface area contributed by atoms with Crippen LogP contribution in [0.2, 0.25) is 0 Å². The van der Waals surface area contributed by atoms with Gasteiger partial charge in [-0.3, -0.25) is 24.6 Å². The summed E-state index contributed by atoms with van der Waals surface area (Å²) in [5.74, 6) is 0.222. The number of aryl methyl sites for hydroxylation is 1. The monoisotopic (exact) mass is 707 g/mol. The first-order chi connectivity index (χ1) is 23.7. The average Bonchev–Trinajstić information content (AvgIpc) is 3.56. The van der Waals surface area contributed by atoms with E-state index in [0.29, 0.717) is 48.2 Å². The molecular formula is C36H49N7O4S2. The Balaban J connectivity index is 1.12. The van der Waals surface area contributed by atoms with Crippen molar-refractivity contribution in [2.24, 2.45) is 5.73 Å². The van der Waals surface area contributed by atoms with Crippen molar-refractivity contribution in [2.45, 2.75) is 55.1 Å². The van der Waals surface area contributed by atoms with Gasteiger partial charge in [-0.15, -0.1) is 0 Å². The fraction of sp³-hybridized carbons (Fsp3) is 0.500. The molecule has 2 saturated heterocycles. The Morgan fingerprint density at radius 3 is 2.27 bits per heavy atom. The van der Waals surface area contributed by atoms with Crippen molar-refractivity contribution in [1.29, 1.82) is 0 Å². The van der Waals surface area contributed by atoms with Gasteiger partial charge in [-0.05, 0) is 74.8 Å². The Kier molecular flexibility index (Phi) is 13.3. The highest BCUT2D eigenvalue weighted by Gasteiger charge is 2.26. The second kappa shape index (κ2) is 17.8.